The number of fused-ring (bicyclic) bond motifs is 1. The normalized spacial score (nSPS) is 16.4. The second-order valence-corrected chi connectivity index (χ2v) is 9.59. The molecule has 4 rings (SSSR count). The smallest absolute Gasteiger partial charge is 0.410 e. The largest absolute Gasteiger partial charge is 0.444 e. The van der Waals surface area contributed by atoms with Crippen molar-refractivity contribution in [1.82, 2.24) is 14.5 Å². The highest BCUT2D eigenvalue weighted by atomic mass is 16.6. The fraction of sp³-hybridized carbons (Fsp3) is 0.423. The van der Waals surface area contributed by atoms with Crippen LogP contribution >= 0.6 is 0 Å². The van der Waals surface area contributed by atoms with Crippen LogP contribution in [0, 0.1) is 17.2 Å². The van der Waals surface area contributed by atoms with E-state index >= 15 is 0 Å². The van der Waals surface area contributed by atoms with Crippen molar-refractivity contribution in [3.63, 3.8) is 0 Å². The summed E-state index contributed by atoms with van der Waals surface area (Å²) >= 11 is 0. The van der Waals surface area contributed by atoms with Crippen LogP contribution in [0.2, 0.25) is 0 Å². The average molecular weight is 446 g/mol. The van der Waals surface area contributed by atoms with Crippen molar-refractivity contribution in [3.05, 3.63) is 59.7 Å². The Kier molecular flexibility index (Phi) is 6.55. The maximum Gasteiger partial charge on any atom is 0.410 e. The van der Waals surface area contributed by atoms with Gasteiger partial charge in [-0.3, -0.25) is 0 Å². The fourth-order valence-electron chi connectivity index (χ4n) is 4.27. The van der Waals surface area contributed by atoms with Crippen molar-refractivity contribution in [3.8, 4) is 6.07 Å². The maximum atomic E-state index is 12.5. The van der Waals surface area contributed by atoms with Crippen molar-refractivity contribution in [2.75, 3.05) is 25.0 Å². The van der Waals surface area contributed by atoms with E-state index in [-0.39, 0.29) is 6.09 Å². The van der Waals surface area contributed by atoms with Crippen molar-refractivity contribution >= 4 is 23.1 Å². The number of hydrogen-bond donors (Lipinski definition) is 1. The molecule has 0 saturated carbocycles. The molecule has 1 atom stereocenters. The Labute approximate surface area is 195 Å². The molecule has 7 nitrogen and oxygen atoms in total. The predicted molar refractivity (Wildman–Crippen MR) is 129 cm³/mol. The van der Waals surface area contributed by atoms with Crippen LogP contribution in [-0.4, -0.2) is 45.8 Å². The molecule has 2 aromatic carbocycles. The number of carbonyl (C=O) groups excluding carboxylic acids is 1. The zero-order chi connectivity index (χ0) is 23.4. The number of nitriles is 1. The predicted octanol–water partition coefficient (Wildman–Crippen LogP) is 5.02. The Morgan fingerprint density at radius 3 is 2.76 bits per heavy atom. The topological polar surface area (TPSA) is 83.2 Å². The minimum absolute atomic E-state index is 0.243. The lowest BCUT2D eigenvalue weighted by Gasteiger charge is -2.34. The third kappa shape index (κ3) is 5.46. The molecular formula is C26H31N5O2. The first-order chi connectivity index (χ1) is 15.8. The molecule has 1 aromatic heterocycles. The van der Waals surface area contributed by atoms with E-state index in [0.717, 1.165) is 41.9 Å². The van der Waals surface area contributed by atoms with Gasteiger partial charge < -0.3 is 19.5 Å². The van der Waals surface area contributed by atoms with Crippen LogP contribution in [0.3, 0.4) is 0 Å². The number of rotatable bonds is 5. The number of nitrogens with zero attached hydrogens (tertiary/aromatic N) is 4. The fourth-order valence-corrected chi connectivity index (χ4v) is 4.27. The van der Waals surface area contributed by atoms with Gasteiger partial charge in [0.2, 0.25) is 5.95 Å². The number of amides is 1. The molecule has 172 valence electrons. The summed E-state index contributed by atoms with van der Waals surface area (Å²) in [6.45, 7) is 8.34. The van der Waals surface area contributed by atoms with Crippen LogP contribution in [0.15, 0.2) is 48.5 Å². The molecule has 0 aliphatic carbocycles. The maximum absolute atomic E-state index is 12.5. The summed E-state index contributed by atoms with van der Waals surface area (Å²) in [5, 5.41) is 13.0. The summed E-state index contributed by atoms with van der Waals surface area (Å²) in [4.78, 5) is 19.1. The number of nitrogens with one attached hydrogen (secondary N) is 1. The summed E-state index contributed by atoms with van der Waals surface area (Å²) in [6.07, 6.45) is 1.76. The van der Waals surface area contributed by atoms with Crippen molar-refractivity contribution in [1.29, 1.82) is 5.26 Å². The Bertz CT molecular complexity index is 1170. The Morgan fingerprint density at radius 2 is 1.97 bits per heavy atom. The van der Waals surface area contributed by atoms with E-state index in [9.17, 15) is 10.1 Å². The molecule has 0 spiro atoms. The number of hydrogen-bond acceptors (Lipinski definition) is 5. The zero-order valence-corrected chi connectivity index (χ0v) is 19.5. The molecule has 1 amide bonds. The average Bonchev–Trinajstić information content (AvgIpc) is 3.14. The quantitative estimate of drug-likeness (QED) is 0.596. The molecule has 1 fully saturated rings. The first-order valence-electron chi connectivity index (χ1n) is 11.5. The van der Waals surface area contributed by atoms with Crippen LogP contribution < -0.4 is 5.32 Å². The van der Waals surface area contributed by atoms with Gasteiger partial charge in [-0.2, -0.15) is 5.26 Å². The van der Waals surface area contributed by atoms with E-state index < -0.39 is 5.60 Å². The molecule has 2 heterocycles. The van der Waals surface area contributed by atoms with Crippen LogP contribution in [0.1, 0.15) is 44.7 Å². The Balaban J connectivity index is 1.50. The van der Waals surface area contributed by atoms with Gasteiger partial charge in [-0.1, -0.05) is 30.3 Å². The second kappa shape index (κ2) is 9.53. The molecule has 3 aromatic rings. The molecule has 7 heteroatoms. The van der Waals surface area contributed by atoms with E-state index in [0.29, 0.717) is 31.1 Å². The summed E-state index contributed by atoms with van der Waals surface area (Å²) in [6, 6.07) is 18.0. The first kappa shape index (κ1) is 22.7. The SMILES string of the molecule is CC(C)(C)OC(=O)N1CCC[C@@H](CNc2nc3ccccc3n2Cc2ccccc2C#N)C1. The van der Waals surface area contributed by atoms with Gasteiger partial charge in [-0.05, 0) is 63.3 Å². The molecule has 0 radical (unpaired) electrons. The van der Waals surface area contributed by atoms with Crippen LogP contribution in [0.25, 0.3) is 11.0 Å². The van der Waals surface area contributed by atoms with E-state index in [4.69, 9.17) is 9.72 Å². The number of para-hydroxylation sites is 2. The van der Waals surface area contributed by atoms with E-state index in [1.165, 1.54) is 0 Å². The summed E-state index contributed by atoms with van der Waals surface area (Å²) in [7, 11) is 0. The van der Waals surface area contributed by atoms with Crippen molar-refractivity contribution < 1.29 is 9.53 Å². The highest BCUT2D eigenvalue weighted by molar-refractivity contribution is 5.78. The number of aromatic nitrogens is 2. The van der Waals surface area contributed by atoms with Gasteiger partial charge in [0, 0.05) is 19.6 Å². The third-order valence-electron chi connectivity index (χ3n) is 5.84. The van der Waals surface area contributed by atoms with Gasteiger partial charge in [0.1, 0.15) is 5.60 Å². The molecular weight excluding hydrogens is 414 g/mol. The molecule has 33 heavy (non-hydrogen) atoms. The lowest BCUT2D eigenvalue weighted by atomic mass is 9.98. The van der Waals surface area contributed by atoms with Gasteiger partial charge >= 0.3 is 6.09 Å². The van der Waals surface area contributed by atoms with Crippen LogP contribution in [0.4, 0.5) is 10.7 Å². The Hall–Kier alpha value is -3.53. The van der Waals surface area contributed by atoms with Crippen LogP contribution in [-0.2, 0) is 11.3 Å². The van der Waals surface area contributed by atoms with Crippen molar-refractivity contribution in [2.45, 2.75) is 45.8 Å². The number of benzene rings is 2. The molecule has 1 saturated heterocycles. The number of carbonyl (C=O) groups is 1. The van der Waals surface area contributed by atoms with E-state index in [1.54, 1.807) is 0 Å². The summed E-state index contributed by atoms with van der Waals surface area (Å²) in [5.74, 6) is 1.09. The van der Waals surface area contributed by atoms with Crippen LogP contribution in [0.5, 0.6) is 0 Å². The number of imidazole rings is 1. The highest BCUT2D eigenvalue weighted by Gasteiger charge is 2.28. The van der Waals surface area contributed by atoms with Crippen molar-refractivity contribution in [2.24, 2.45) is 5.92 Å². The number of piperidine rings is 1. The van der Waals surface area contributed by atoms with Gasteiger partial charge in [-0.15, -0.1) is 0 Å². The number of ether oxygens (including phenoxy) is 1. The lowest BCUT2D eigenvalue weighted by molar-refractivity contribution is 0.0172. The zero-order valence-electron chi connectivity index (χ0n) is 19.5. The highest BCUT2D eigenvalue weighted by Crippen LogP contribution is 2.24. The van der Waals surface area contributed by atoms with Gasteiger partial charge in [0.15, 0.2) is 0 Å². The Morgan fingerprint density at radius 1 is 1.21 bits per heavy atom. The first-order valence-corrected chi connectivity index (χ1v) is 11.5. The molecule has 0 bridgehead atoms. The minimum atomic E-state index is -0.493. The number of likely N-dealkylation sites (tertiary alicyclic amines) is 1. The second-order valence-electron chi connectivity index (χ2n) is 9.59. The van der Waals surface area contributed by atoms with E-state index in [2.05, 4.69) is 16.0 Å². The molecule has 1 aliphatic rings. The van der Waals surface area contributed by atoms with Gasteiger partial charge in [0.05, 0.1) is 29.2 Å². The molecule has 0 unspecified atom stereocenters. The summed E-state index contributed by atoms with van der Waals surface area (Å²) in [5.41, 5.74) is 3.06. The summed E-state index contributed by atoms with van der Waals surface area (Å²) < 4.78 is 7.68. The monoisotopic (exact) mass is 445 g/mol. The molecule has 1 aliphatic heterocycles. The lowest BCUT2D eigenvalue weighted by Crippen LogP contribution is -2.44. The molecule has 1 N–H and O–H groups in total. The van der Waals surface area contributed by atoms with Gasteiger partial charge in [0.25, 0.3) is 0 Å². The van der Waals surface area contributed by atoms with E-state index in [1.807, 2.05) is 74.2 Å². The number of anilines is 1. The standard InChI is InChI=1S/C26H31N5O2/c1-26(2,3)33-25(32)30-14-8-9-19(17-30)16-28-24-29-22-12-6-7-13-23(22)31(24)18-21-11-5-4-10-20(21)15-27/h4-7,10-13,19H,8-9,14,16-18H2,1-3H3,(H,28,29)/t19-/m0/s1. The minimum Gasteiger partial charge on any atom is -0.444 e. The van der Waals surface area contributed by atoms with Gasteiger partial charge in [-0.25, -0.2) is 9.78 Å². The third-order valence-corrected chi connectivity index (χ3v) is 5.84.